The van der Waals surface area contributed by atoms with E-state index in [-0.39, 0.29) is 24.1 Å². The van der Waals surface area contributed by atoms with Crippen molar-refractivity contribution < 1.29 is 25.8 Å². The number of aromatic hydroxyl groups is 2. The second kappa shape index (κ2) is 7.96. The van der Waals surface area contributed by atoms with Gasteiger partial charge in [0.15, 0.2) is 23.0 Å². The van der Waals surface area contributed by atoms with Gasteiger partial charge in [0, 0.05) is 13.9 Å². The molecule has 0 saturated heterocycles. The molecule has 2 N–H and O–H groups in total. The van der Waals surface area contributed by atoms with Crippen LogP contribution in [0, 0.1) is 0 Å². The lowest BCUT2D eigenvalue weighted by Gasteiger charge is -2.35. The monoisotopic (exact) mass is 375 g/mol. The Morgan fingerprint density at radius 3 is 2.44 bits per heavy atom. The van der Waals surface area contributed by atoms with Crippen molar-refractivity contribution in [2.45, 2.75) is 25.3 Å². The van der Waals surface area contributed by atoms with Gasteiger partial charge < -0.3 is 24.4 Å². The van der Waals surface area contributed by atoms with Crippen LogP contribution in [0.25, 0.3) is 0 Å². The van der Waals surface area contributed by atoms with E-state index in [1.807, 2.05) is 24.1 Å². The van der Waals surface area contributed by atoms with Crippen LogP contribution in [-0.4, -0.2) is 50.0 Å². The molecule has 0 aromatic heterocycles. The fourth-order valence-electron chi connectivity index (χ4n) is 3.67. The summed E-state index contributed by atoms with van der Waals surface area (Å²) in [7, 11) is 6.47. The lowest BCUT2D eigenvalue weighted by atomic mass is 9.88. The lowest BCUT2D eigenvalue weighted by molar-refractivity contribution is 0.218. The third-order valence-corrected chi connectivity index (χ3v) is 5.12. The summed E-state index contributed by atoms with van der Waals surface area (Å²) in [4.78, 5) is 2.01. The van der Waals surface area contributed by atoms with Crippen LogP contribution < -0.4 is 14.2 Å². The normalized spacial score (nSPS) is 19.9. The van der Waals surface area contributed by atoms with E-state index >= 15 is 0 Å². The number of phenols is 2. The fourth-order valence-corrected chi connectivity index (χ4v) is 3.67. The van der Waals surface area contributed by atoms with Gasteiger partial charge in [-0.25, -0.2) is 0 Å². The van der Waals surface area contributed by atoms with Crippen molar-refractivity contribution in [2.24, 2.45) is 0 Å². The number of likely N-dealkylation sites (N-methyl/N-ethyl adjacent to an activating group) is 1. The summed E-state index contributed by atoms with van der Waals surface area (Å²) in [6.07, 6.45) is 1.97. The number of fused-ring (bicyclic) bond motifs is 1. The van der Waals surface area contributed by atoms with Crippen LogP contribution in [0.2, 0.25) is 0 Å². The number of hydrogen-bond acceptors (Lipinski definition) is 6. The quantitative estimate of drug-likeness (QED) is 0.807. The Morgan fingerprint density at radius 2 is 1.78 bits per heavy atom. The summed E-state index contributed by atoms with van der Waals surface area (Å²) in [5, 5.41) is 20.4. The zero-order valence-corrected chi connectivity index (χ0v) is 16.2. The van der Waals surface area contributed by atoms with Crippen LogP contribution in [0.4, 0.5) is 0 Å². The van der Waals surface area contributed by atoms with Crippen LogP contribution in [-0.2, 0) is 12.8 Å². The lowest BCUT2D eigenvalue weighted by Crippen LogP contribution is -2.32. The maximum Gasteiger partial charge on any atom is 0.203 e. The molecule has 0 spiro atoms. The number of nitrogens with zero attached hydrogens (tertiary/aromatic N) is 1. The topological polar surface area (TPSA) is 71.4 Å². The fraction of sp³-hybridized carbons (Fsp3) is 0.429. The van der Waals surface area contributed by atoms with Gasteiger partial charge in [-0.2, -0.15) is 0 Å². The number of methoxy groups -OCH3 is 3. The second-order valence-corrected chi connectivity index (χ2v) is 6.68. The molecular formula is C21H27NO5. The average Bonchev–Trinajstić information content (AvgIpc) is 2.68. The summed E-state index contributed by atoms with van der Waals surface area (Å²) in [5.74, 6) is 1.37. The Morgan fingerprint density at radius 1 is 1.04 bits per heavy atom. The van der Waals surface area contributed by atoms with Gasteiger partial charge in [0.25, 0.3) is 0 Å². The highest BCUT2D eigenvalue weighted by atomic mass is 16.5. The minimum atomic E-state index is -0.370. The van der Waals surface area contributed by atoms with Gasteiger partial charge in [0.1, 0.15) is 0 Å². The van der Waals surface area contributed by atoms with Crippen molar-refractivity contribution >= 4 is 0 Å². The van der Waals surface area contributed by atoms with Crippen LogP contribution in [0.5, 0.6) is 28.7 Å². The van der Waals surface area contributed by atoms with Crippen LogP contribution in [0.1, 0.15) is 30.5 Å². The molecule has 2 aromatic rings. The Labute approximate surface area is 161 Å². The first-order valence-electron chi connectivity index (χ1n) is 9.45. The van der Waals surface area contributed by atoms with E-state index < -0.39 is 0 Å². The van der Waals surface area contributed by atoms with Gasteiger partial charge >= 0.3 is 0 Å². The maximum atomic E-state index is 10.2. The molecule has 27 heavy (non-hydrogen) atoms. The van der Waals surface area contributed by atoms with Crippen molar-refractivity contribution in [1.82, 2.24) is 4.90 Å². The molecule has 0 fully saturated rings. The largest absolute Gasteiger partial charge is 0.504 e. The highest BCUT2D eigenvalue weighted by Gasteiger charge is 2.26. The highest BCUT2D eigenvalue weighted by Crippen LogP contribution is 2.41. The van der Waals surface area contributed by atoms with E-state index in [9.17, 15) is 10.2 Å². The average molecular weight is 375 g/mol. The summed E-state index contributed by atoms with van der Waals surface area (Å²) >= 11 is 0. The molecule has 0 aliphatic carbocycles. The minimum Gasteiger partial charge on any atom is -0.504 e. The molecule has 0 radical (unpaired) electrons. The smallest absolute Gasteiger partial charge is 0.203 e. The van der Waals surface area contributed by atoms with Gasteiger partial charge in [0.2, 0.25) is 5.75 Å². The predicted molar refractivity (Wildman–Crippen MR) is 103 cm³/mol. The summed E-state index contributed by atoms with van der Waals surface area (Å²) in [6, 6.07) is 7.07. The van der Waals surface area contributed by atoms with Crippen molar-refractivity contribution in [3.63, 3.8) is 0 Å². The van der Waals surface area contributed by atoms with E-state index in [1.54, 1.807) is 12.1 Å². The van der Waals surface area contributed by atoms with E-state index in [4.69, 9.17) is 15.6 Å². The summed E-state index contributed by atoms with van der Waals surface area (Å²) in [5.41, 5.74) is 2.94. The van der Waals surface area contributed by atoms with E-state index in [1.165, 1.54) is 21.3 Å². The molecule has 1 aliphatic heterocycles. The first-order valence-corrected chi connectivity index (χ1v) is 8.87. The maximum absolute atomic E-state index is 10.2. The van der Waals surface area contributed by atoms with Crippen molar-refractivity contribution in [2.75, 3.05) is 34.9 Å². The van der Waals surface area contributed by atoms with Crippen LogP contribution in [0.15, 0.2) is 24.3 Å². The van der Waals surface area contributed by atoms with Gasteiger partial charge in [-0.1, -0.05) is 0 Å². The molecule has 3 rings (SSSR count). The molecule has 0 amide bonds. The molecule has 2 atom stereocenters. The molecule has 1 aliphatic rings. The van der Waals surface area contributed by atoms with Gasteiger partial charge in [0.05, 0.1) is 21.3 Å². The molecule has 1 heterocycles. The Balaban J connectivity index is 1.88. The van der Waals surface area contributed by atoms with Crippen molar-refractivity contribution in [3.8, 4) is 28.7 Å². The van der Waals surface area contributed by atoms with Gasteiger partial charge in [-0.15, -0.1) is 0 Å². The molecule has 0 bridgehead atoms. The van der Waals surface area contributed by atoms with Crippen LogP contribution in [0.3, 0.4) is 0 Å². The third kappa shape index (κ3) is 3.76. The van der Waals surface area contributed by atoms with E-state index in [0.717, 1.165) is 23.1 Å². The second-order valence-electron chi connectivity index (χ2n) is 6.68. The first kappa shape index (κ1) is 17.8. The number of rotatable bonds is 6. The summed E-state index contributed by atoms with van der Waals surface area (Å²) in [6.45, 7) is -0.370. The van der Waals surface area contributed by atoms with E-state index in [0.29, 0.717) is 30.1 Å². The first-order chi connectivity index (χ1) is 13.4. The number of phenolic OH excluding ortho intramolecular Hbond substituents is 2. The number of aryl methyl sites for hydroxylation is 2. The Hall–Kier alpha value is -2.60. The Kier molecular flexibility index (Phi) is 5.25. The number of hydrogen-bond donors (Lipinski definition) is 2. The summed E-state index contributed by atoms with van der Waals surface area (Å²) < 4.78 is 24.1. The molecule has 6 nitrogen and oxygen atoms in total. The van der Waals surface area contributed by atoms with Crippen molar-refractivity contribution in [1.29, 1.82) is 0 Å². The van der Waals surface area contributed by atoms with Gasteiger partial charge in [-0.05, 0) is 67.3 Å². The number of ether oxygens (including phenoxy) is 3. The van der Waals surface area contributed by atoms with Crippen LogP contribution >= 0.6 is 0 Å². The predicted octanol–water partition coefficient (Wildman–Crippen LogP) is 3.29. The van der Waals surface area contributed by atoms with E-state index in [2.05, 4.69) is 0 Å². The minimum absolute atomic E-state index is 0.0294. The number of benzene rings is 2. The molecular weight excluding hydrogens is 346 g/mol. The third-order valence-electron chi connectivity index (χ3n) is 5.12. The molecule has 6 heteroatoms. The SMILES string of the molecule is [3H][C@@H]1Cc2cc(OC)c(O)cc2[C@@H](CCc2cc(O)c(OC)c(OC)c2)N1C. The molecule has 0 unspecified atom stereocenters. The molecule has 0 saturated carbocycles. The zero-order chi connectivity index (χ0) is 20.4. The molecule has 2 aromatic carbocycles. The highest BCUT2D eigenvalue weighted by molar-refractivity contribution is 5.53. The van der Waals surface area contributed by atoms with Crippen molar-refractivity contribution in [3.05, 3.63) is 41.0 Å². The zero-order valence-electron chi connectivity index (χ0n) is 17.2. The standard InChI is InChI=1S/C21H27NO5/c1-22-8-7-14-11-19(25-2)17(23)12-15(14)16(22)6-5-13-9-18(24)21(27-4)20(10-13)26-3/h9-12,16,23-24H,5-8H2,1-4H3/t16-/m1/s1/i8T/t8-,16-. The van der Waals surface area contributed by atoms with Gasteiger partial charge in [-0.3, -0.25) is 4.90 Å². The molecule has 146 valence electrons. The Bertz CT molecular complexity index is 857.